The number of nitrogens with one attached hydrogen (secondary N) is 1. The fourth-order valence-corrected chi connectivity index (χ4v) is 4.13. The van der Waals surface area contributed by atoms with Crippen LogP contribution in [0.4, 0.5) is 0 Å². The minimum atomic E-state index is 0.840. The first-order valence-electron chi connectivity index (χ1n) is 8.56. The van der Waals surface area contributed by atoms with Crippen LogP contribution in [-0.2, 0) is 0 Å². The van der Waals surface area contributed by atoms with E-state index < -0.39 is 0 Å². The number of hydrogen-bond acceptors (Lipinski definition) is 1. The van der Waals surface area contributed by atoms with E-state index in [0.717, 1.165) is 23.8 Å². The fraction of sp³-hybridized carbons (Fsp3) is 1.00. The lowest BCUT2D eigenvalue weighted by Crippen LogP contribution is -2.41. The van der Waals surface area contributed by atoms with Crippen molar-refractivity contribution in [2.45, 2.75) is 84.1 Å². The van der Waals surface area contributed by atoms with Crippen LogP contribution in [0.1, 0.15) is 78.1 Å². The molecule has 0 aliphatic heterocycles. The molecule has 2 unspecified atom stereocenters. The van der Waals surface area contributed by atoms with Crippen molar-refractivity contribution in [2.24, 2.45) is 17.8 Å². The molecule has 1 heteroatoms. The fourth-order valence-electron chi connectivity index (χ4n) is 4.13. The molecule has 0 radical (unpaired) electrons. The summed E-state index contributed by atoms with van der Waals surface area (Å²) in [5.41, 5.74) is 0. The summed E-state index contributed by atoms with van der Waals surface area (Å²) >= 11 is 0. The molecule has 0 heterocycles. The van der Waals surface area contributed by atoms with E-state index in [9.17, 15) is 0 Å². The lowest BCUT2D eigenvalue weighted by Gasteiger charge is -2.34. The molecule has 0 aromatic heterocycles. The summed E-state index contributed by atoms with van der Waals surface area (Å²) in [5.74, 6) is 2.98. The van der Waals surface area contributed by atoms with E-state index >= 15 is 0 Å². The van der Waals surface area contributed by atoms with Gasteiger partial charge >= 0.3 is 0 Å². The average Bonchev–Trinajstić information content (AvgIpc) is 2.46. The normalized spacial score (nSPS) is 37.7. The van der Waals surface area contributed by atoms with Gasteiger partial charge in [0, 0.05) is 6.04 Å². The van der Waals surface area contributed by atoms with Crippen LogP contribution in [0, 0.1) is 17.8 Å². The highest BCUT2D eigenvalue weighted by molar-refractivity contribution is 4.82. The van der Waals surface area contributed by atoms with Gasteiger partial charge in [-0.15, -0.1) is 0 Å². The van der Waals surface area contributed by atoms with Crippen LogP contribution in [0.25, 0.3) is 0 Å². The minimum Gasteiger partial charge on any atom is -0.313 e. The molecule has 0 aromatic rings. The molecule has 0 spiro atoms. The topological polar surface area (TPSA) is 12.0 Å². The Bertz CT molecular complexity index is 218. The molecule has 2 aliphatic rings. The quantitative estimate of drug-likeness (QED) is 0.743. The highest BCUT2D eigenvalue weighted by atomic mass is 14.9. The third kappa shape index (κ3) is 3.98. The van der Waals surface area contributed by atoms with Gasteiger partial charge in [-0.05, 0) is 50.0 Å². The van der Waals surface area contributed by atoms with Gasteiger partial charge in [0.2, 0.25) is 0 Å². The maximum atomic E-state index is 3.93. The predicted molar refractivity (Wildman–Crippen MR) is 79.8 cm³/mol. The zero-order valence-corrected chi connectivity index (χ0v) is 12.6. The van der Waals surface area contributed by atoms with Crippen LogP contribution in [0.15, 0.2) is 0 Å². The van der Waals surface area contributed by atoms with Crippen molar-refractivity contribution in [3.05, 3.63) is 0 Å². The summed E-state index contributed by atoms with van der Waals surface area (Å²) in [6, 6.07) is 0.840. The molecule has 2 atom stereocenters. The van der Waals surface area contributed by atoms with Gasteiger partial charge in [-0.3, -0.25) is 0 Å². The standard InChI is InChI=1S/C17H33N/c1-3-14-9-11-15(12-10-14)13-18-17-8-6-5-7-16(17)4-2/h14-18H,3-13H2,1-2H3. The van der Waals surface area contributed by atoms with Gasteiger partial charge in [0.1, 0.15) is 0 Å². The molecule has 0 amide bonds. The Hall–Kier alpha value is -0.0400. The van der Waals surface area contributed by atoms with E-state index in [1.165, 1.54) is 70.8 Å². The third-order valence-electron chi connectivity index (χ3n) is 5.65. The Morgan fingerprint density at radius 1 is 0.778 bits per heavy atom. The van der Waals surface area contributed by atoms with Crippen LogP contribution in [-0.4, -0.2) is 12.6 Å². The zero-order valence-electron chi connectivity index (χ0n) is 12.6. The van der Waals surface area contributed by atoms with E-state index in [1.54, 1.807) is 0 Å². The molecule has 2 rings (SSSR count). The maximum absolute atomic E-state index is 3.93. The second-order valence-electron chi connectivity index (χ2n) is 6.76. The Kier molecular flexibility index (Phi) is 6.01. The Labute approximate surface area is 114 Å². The van der Waals surface area contributed by atoms with E-state index in [2.05, 4.69) is 19.2 Å². The first kappa shape index (κ1) is 14.4. The Balaban J connectivity index is 1.67. The van der Waals surface area contributed by atoms with Crippen molar-refractivity contribution in [3.63, 3.8) is 0 Å². The predicted octanol–water partition coefficient (Wildman–Crippen LogP) is 4.76. The molecule has 106 valence electrons. The van der Waals surface area contributed by atoms with Gasteiger partial charge in [0.05, 0.1) is 0 Å². The smallest absolute Gasteiger partial charge is 0.00953 e. The van der Waals surface area contributed by atoms with Gasteiger partial charge in [0.15, 0.2) is 0 Å². The summed E-state index contributed by atoms with van der Waals surface area (Å²) < 4.78 is 0. The van der Waals surface area contributed by atoms with Gasteiger partial charge in [0.25, 0.3) is 0 Å². The Morgan fingerprint density at radius 2 is 1.44 bits per heavy atom. The van der Waals surface area contributed by atoms with Crippen molar-refractivity contribution in [1.29, 1.82) is 0 Å². The van der Waals surface area contributed by atoms with Crippen LogP contribution in [0.5, 0.6) is 0 Å². The molecule has 2 aliphatic carbocycles. The van der Waals surface area contributed by atoms with E-state index in [-0.39, 0.29) is 0 Å². The first-order chi connectivity index (χ1) is 8.83. The second kappa shape index (κ2) is 7.53. The highest BCUT2D eigenvalue weighted by Crippen LogP contribution is 2.31. The molecule has 1 nitrogen and oxygen atoms in total. The lowest BCUT2D eigenvalue weighted by molar-refractivity contribution is 0.216. The molecule has 18 heavy (non-hydrogen) atoms. The SMILES string of the molecule is CCC1CCC(CNC2CCCCC2CC)CC1. The number of rotatable bonds is 5. The lowest BCUT2D eigenvalue weighted by atomic mass is 9.79. The zero-order chi connectivity index (χ0) is 12.8. The summed E-state index contributed by atoms with van der Waals surface area (Å²) in [7, 11) is 0. The van der Waals surface area contributed by atoms with Crippen LogP contribution in [0.2, 0.25) is 0 Å². The van der Waals surface area contributed by atoms with Crippen LogP contribution in [0.3, 0.4) is 0 Å². The van der Waals surface area contributed by atoms with Crippen molar-refractivity contribution >= 4 is 0 Å². The summed E-state index contributed by atoms with van der Waals surface area (Å²) in [6.45, 7) is 6.03. The minimum absolute atomic E-state index is 0.840. The third-order valence-corrected chi connectivity index (χ3v) is 5.65. The summed E-state index contributed by atoms with van der Waals surface area (Å²) in [4.78, 5) is 0. The van der Waals surface area contributed by atoms with Crippen molar-refractivity contribution in [3.8, 4) is 0 Å². The van der Waals surface area contributed by atoms with E-state index in [0.29, 0.717) is 0 Å². The second-order valence-corrected chi connectivity index (χ2v) is 6.76. The molecular formula is C17H33N. The highest BCUT2D eigenvalue weighted by Gasteiger charge is 2.25. The molecule has 0 bridgehead atoms. The maximum Gasteiger partial charge on any atom is 0.00953 e. The molecule has 0 aromatic carbocycles. The summed E-state index contributed by atoms with van der Waals surface area (Å²) in [5, 5.41) is 3.93. The van der Waals surface area contributed by atoms with Crippen LogP contribution < -0.4 is 5.32 Å². The van der Waals surface area contributed by atoms with Gasteiger partial charge in [-0.2, -0.15) is 0 Å². The van der Waals surface area contributed by atoms with E-state index in [4.69, 9.17) is 0 Å². The van der Waals surface area contributed by atoms with Crippen molar-refractivity contribution < 1.29 is 0 Å². The molecular weight excluding hydrogens is 218 g/mol. The Morgan fingerprint density at radius 3 is 2.11 bits per heavy atom. The molecule has 1 N–H and O–H groups in total. The van der Waals surface area contributed by atoms with Crippen molar-refractivity contribution in [1.82, 2.24) is 5.32 Å². The molecule has 0 saturated heterocycles. The van der Waals surface area contributed by atoms with Crippen LogP contribution >= 0.6 is 0 Å². The monoisotopic (exact) mass is 251 g/mol. The van der Waals surface area contributed by atoms with Gasteiger partial charge in [-0.1, -0.05) is 52.4 Å². The van der Waals surface area contributed by atoms with Crippen molar-refractivity contribution in [2.75, 3.05) is 6.54 Å². The van der Waals surface area contributed by atoms with Gasteiger partial charge < -0.3 is 5.32 Å². The molecule has 2 fully saturated rings. The molecule has 2 saturated carbocycles. The number of hydrogen-bond donors (Lipinski definition) is 1. The van der Waals surface area contributed by atoms with E-state index in [1.807, 2.05) is 0 Å². The summed E-state index contributed by atoms with van der Waals surface area (Å²) in [6.07, 6.45) is 14.6. The van der Waals surface area contributed by atoms with Gasteiger partial charge in [-0.25, -0.2) is 0 Å². The largest absolute Gasteiger partial charge is 0.313 e. The first-order valence-corrected chi connectivity index (χ1v) is 8.56. The average molecular weight is 251 g/mol.